The van der Waals surface area contributed by atoms with Crippen LogP contribution in [-0.4, -0.2) is 31.7 Å². The number of ether oxygens (including phenoxy) is 3. The van der Waals surface area contributed by atoms with Gasteiger partial charge in [0, 0.05) is 29.1 Å². The maximum Gasteiger partial charge on any atom is 0.240 e. The van der Waals surface area contributed by atoms with Crippen LogP contribution in [0.3, 0.4) is 0 Å². The summed E-state index contributed by atoms with van der Waals surface area (Å²) in [4.78, 5) is 24.2. The first-order chi connectivity index (χ1) is 17.9. The molecule has 10 heteroatoms. The number of hydrogen-bond acceptors (Lipinski definition) is 6. The zero-order chi connectivity index (χ0) is 26.6. The van der Waals surface area contributed by atoms with Gasteiger partial charge in [0.1, 0.15) is 12.4 Å². The highest BCUT2D eigenvalue weighted by Gasteiger charge is 2.13. The molecular formula is C27H27BrClN3O5. The van der Waals surface area contributed by atoms with Gasteiger partial charge in [0.05, 0.1) is 24.4 Å². The Bertz CT molecular complexity index is 1250. The van der Waals surface area contributed by atoms with Crippen LogP contribution in [0.4, 0.5) is 5.69 Å². The normalized spacial score (nSPS) is 10.7. The fraction of sp³-hybridized carbons (Fsp3) is 0.222. The molecule has 8 nitrogen and oxygen atoms in total. The van der Waals surface area contributed by atoms with Gasteiger partial charge in [-0.25, -0.2) is 5.43 Å². The van der Waals surface area contributed by atoms with E-state index in [0.717, 1.165) is 5.56 Å². The monoisotopic (exact) mass is 587 g/mol. The molecule has 2 N–H and O–H groups in total. The summed E-state index contributed by atoms with van der Waals surface area (Å²) in [6.45, 7) is 2.58. The lowest BCUT2D eigenvalue weighted by atomic mass is 10.2. The van der Waals surface area contributed by atoms with Crippen LogP contribution < -0.4 is 25.0 Å². The molecule has 194 valence electrons. The largest absolute Gasteiger partial charge is 0.497 e. The van der Waals surface area contributed by atoms with Crippen LogP contribution in [0.5, 0.6) is 17.2 Å². The van der Waals surface area contributed by atoms with Crippen LogP contribution in [0.2, 0.25) is 5.02 Å². The van der Waals surface area contributed by atoms with Gasteiger partial charge in [0.15, 0.2) is 11.5 Å². The zero-order valence-corrected chi connectivity index (χ0v) is 22.8. The molecule has 0 aliphatic rings. The van der Waals surface area contributed by atoms with E-state index < -0.39 is 0 Å². The lowest BCUT2D eigenvalue weighted by Gasteiger charge is -2.15. The highest BCUT2D eigenvalue weighted by Crippen LogP contribution is 2.37. The average molecular weight is 589 g/mol. The number of methoxy groups -OCH3 is 1. The third-order valence-electron chi connectivity index (χ3n) is 5.02. The Morgan fingerprint density at radius 3 is 2.46 bits per heavy atom. The highest BCUT2D eigenvalue weighted by molar-refractivity contribution is 9.10. The quantitative estimate of drug-likeness (QED) is 0.201. The number of anilines is 1. The Kier molecular flexibility index (Phi) is 10.8. The van der Waals surface area contributed by atoms with Crippen molar-refractivity contribution in [3.05, 3.63) is 81.3 Å². The molecule has 0 unspecified atom stereocenters. The number of rotatable bonds is 12. The van der Waals surface area contributed by atoms with Crippen molar-refractivity contribution >= 4 is 51.2 Å². The summed E-state index contributed by atoms with van der Waals surface area (Å²) in [5.41, 5.74) is 4.59. The number of carbonyl (C=O) groups is 2. The Labute approximate surface area is 229 Å². The second-order valence-corrected chi connectivity index (χ2v) is 8.97. The van der Waals surface area contributed by atoms with Crippen LogP contribution in [0.25, 0.3) is 0 Å². The van der Waals surface area contributed by atoms with Gasteiger partial charge >= 0.3 is 0 Å². The number of nitrogens with zero attached hydrogens (tertiary/aromatic N) is 1. The van der Waals surface area contributed by atoms with Crippen molar-refractivity contribution in [3.63, 3.8) is 0 Å². The molecule has 3 aromatic carbocycles. The van der Waals surface area contributed by atoms with Gasteiger partial charge in [-0.2, -0.15) is 5.10 Å². The molecule has 0 atom stereocenters. The lowest BCUT2D eigenvalue weighted by Crippen LogP contribution is -2.20. The summed E-state index contributed by atoms with van der Waals surface area (Å²) in [5, 5.41) is 7.35. The molecule has 0 heterocycles. The fourth-order valence-corrected chi connectivity index (χ4v) is 3.95. The number of amides is 2. The maximum atomic E-state index is 12.1. The number of nitrogens with one attached hydrogen (secondary N) is 2. The highest BCUT2D eigenvalue weighted by atomic mass is 79.9. The number of benzene rings is 3. The fourth-order valence-electron chi connectivity index (χ4n) is 3.19. The number of halogens is 2. The molecule has 0 aliphatic carbocycles. The van der Waals surface area contributed by atoms with E-state index in [0.29, 0.717) is 44.6 Å². The molecule has 0 aliphatic heterocycles. The predicted octanol–water partition coefficient (Wildman–Crippen LogP) is 5.96. The van der Waals surface area contributed by atoms with Gasteiger partial charge in [-0.15, -0.1) is 0 Å². The third kappa shape index (κ3) is 8.80. The molecule has 3 aromatic rings. The van der Waals surface area contributed by atoms with E-state index in [2.05, 4.69) is 31.8 Å². The summed E-state index contributed by atoms with van der Waals surface area (Å²) in [7, 11) is 1.57. The molecule has 0 aromatic heterocycles. The van der Waals surface area contributed by atoms with E-state index in [1.54, 1.807) is 49.6 Å². The molecule has 0 saturated carbocycles. The van der Waals surface area contributed by atoms with Crippen molar-refractivity contribution in [2.45, 2.75) is 26.4 Å². The Morgan fingerprint density at radius 2 is 1.76 bits per heavy atom. The Balaban J connectivity index is 1.53. The smallest absolute Gasteiger partial charge is 0.240 e. The van der Waals surface area contributed by atoms with E-state index in [4.69, 9.17) is 25.8 Å². The Hall–Kier alpha value is -3.56. The van der Waals surface area contributed by atoms with Crippen molar-refractivity contribution in [3.8, 4) is 17.2 Å². The van der Waals surface area contributed by atoms with E-state index >= 15 is 0 Å². The second kappa shape index (κ2) is 14.2. The molecule has 0 fully saturated rings. The van der Waals surface area contributed by atoms with Crippen molar-refractivity contribution in [1.29, 1.82) is 0 Å². The van der Waals surface area contributed by atoms with E-state index in [1.807, 2.05) is 25.1 Å². The minimum atomic E-state index is -0.384. The van der Waals surface area contributed by atoms with Crippen LogP contribution in [0, 0.1) is 0 Å². The second-order valence-electron chi connectivity index (χ2n) is 7.71. The molecule has 37 heavy (non-hydrogen) atoms. The summed E-state index contributed by atoms with van der Waals surface area (Å²) >= 11 is 9.74. The first-order valence-corrected chi connectivity index (χ1v) is 12.6. The van der Waals surface area contributed by atoms with Gasteiger partial charge in [0.2, 0.25) is 11.8 Å². The molecule has 0 bridgehead atoms. The topological polar surface area (TPSA) is 98.2 Å². The summed E-state index contributed by atoms with van der Waals surface area (Å²) in [5.74, 6) is 1.08. The summed E-state index contributed by atoms with van der Waals surface area (Å²) in [6, 6.07) is 17.9. The molecule has 0 radical (unpaired) electrons. The van der Waals surface area contributed by atoms with E-state index in [9.17, 15) is 9.59 Å². The Morgan fingerprint density at radius 1 is 1.03 bits per heavy atom. The zero-order valence-electron chi connectivity index (χ0n) is 20.4. The minimum absolute atomic E-state index is 0.0119. The third-order valence-corrected chi connectivity index (χ3v) is 5.98. The van der Waals surface area contributed by atoms with Crippen molar-refractivity contribution < 1.29 is 23.8 Å². The van der Waals surface area contributed by atoms with Crippen LogP contribution >= 0.6 is 27.5 Å². The van der Waals surface area contributed by atoms with Crippen LogP contribution in [-0.2, 0) is 16.2 Å². The predicted molar refractivity (Wildman–Crippen MR) is 148 cm³/mol. The van der Waals surface area contributed by atoms with Gasteiger partial charge in [0.25, 0.3) is 0 Å². The summed E-state index contributed by atoms with van der Waals surface area (Å²) < 4.78 is 17.5. The van der Waals surface area contributed by atoms with Crippen molar-refractivity contribution in [1.82, 2.24) is 5.43 Å². The average Bonchev–Trinajstić information content (AvgIpc) is 2.88. The van der Waals surface area contributed by atoms with Crippen LogP contribution in [0.1, 0.15) is 30.9 Å². The van der Waals surface area contributed by atoms with Gasteiger partial charge < -0.3 is 19.5 Å². The van der Waals surface area contributed by atoms with E-state index in [-0.39, 0.29) is 31.3 Å². The molecule has 0 spiro atoms. The minimum Gasteiger partial charge on any atom is -0.497 e. The van der Waals surface area contributed by atoms with Crippen molar-refractivity contribution in [2.75, 3.05) is 19.0 Å². The maximum absolute atomic E-state index is 12.1. The first-order valence-electron chi connectivity index (χ1n) is 11.5. The van der Waals surface area contributed by atoms with Crippen LogP contribution in [0.15, 0.2) is 70.2 Å². The number of carbonyl (C=O) groups excluding carboxylic acids is 2. The van der Waals surface area contributed by atoms with E-state index in [1.165, 1.54) is 6.21 Å². The molecular weight excluding hydrogens is 562 g/mol. The molecule has 2 amide bonds. The van der Waals surface area contributed by atoms with Gasteiger partial charge in [-0.1, -0.05) is 29.8 Å². The summed E-state index contributed by atoms with van der Waals surface area (Å²) in [6.07, 6.45) is 1.49. The standard InChI is InChI=1S/C27H27BrClN3O5/c1-3-36-24-15-18(14-22(28)27(24)37-17-19-6-4-5-7-23(19)29)16-30-32-26(34)13-12-25(33)31-20-8-10-21(35-2)11-9-20/h4-11,14-16H,3,12-13,17H2,1-2H3,(H,31,33)(H,32,34). The van der Waals surface area contributed by atoms with Gasteiger partial charge in [-0.3, -0.25) is 9.59 Å². The SMILES string of the molecule is CCOc1cc(C=NNC(=O)CCC(=O)Nc2ccc(OC)cc2)cc(Br)c1OCc1ccccc1Cl. The first kappa shape index (κ1) is 28.0. The van der Waals surface area contributed by atoms with Crippen molar-refractivity contribution in [2.24, 2.45) is 5.10 Å². The molecule has 3 rings (SSSR count). The number of hydrazone groups is 1. The lowest BCUT2D eigenvalue weighted by molar-refractivity contribution is -0.124. The van der Waals surface area contributed by atoms with Gasteiger partial charge in [-0.05, 0) is 70.9 Å². The number of hydrogen-bond donors (Lipinski definition) is 2. The molecule has 0 saturated heterocycles.